The van der Waals surface area contributed by atoms with Gasteiger partial charge in [-0.1, -0.05) is 55.3 Å². The first kappa shape index (κ1) is 20.8. The van der Waals surface area contributed by atoms with E-state index < -0.39 is 11.7 Å². The predicted octanol–water partition coefficient (Wildman–Crippen LogP) is 5.53. The average molecular weight is 445 g/mol. The number of rotatable bonds is 6. The van der Waals surface area contributed by atoms with E-state index in [1.165, 1.54) is 44.5 Å². The smallest absolute Gasteiger partial charge is 0.296 e. The summed E-state index contributed by atoms with van der Waals surface area (Å²) in [7, 11) is 0. The molecule has 1 fully saturated rings. The summed E-state index contributed by atoms with van der Waals surface area (Å²) in [4.78, 5) is 33.9. The van der Waals surface area contributed by atoms with Gasteiger partial charge in [0.2, 0.25) is 0 Å². The third-order valence-corrected chi connectivity index (χ3v) is 6.25. The third kappa shape index (κ3) is 4.35. The highest BCUT2D eigenvalue weighted by molar-refractivity contribution is 6.50. The molecule has 3 aromatic heterocycles. The zero-order chi connectivity index (χ0) is 21.1. The van der Waals surface area contributed by atoms with Crippen LogP contribution in [0.2, 0.25) is 10.0 Å². The Morgan fingerprint density at radius 1 is 1.13 bits per heavy atom. The van der Waals surface area contributed by atoms with Gasteiger partial charge in [0.25, 0.3) is 11.7 Å². The fourth-order valence-corrected chi connectivity index (χ4v) is 4.55. The van der Waals surface area contributed by atoms with Crippen LogP contribution in [0, 0.1) is 5.92 Å². The Bertz CT molecular complexity index is 1070. The number of hydrogen-bond acceptors (Lipinski definition) is 4. The van der Waals surface area contributed by atoms with Crippen molar-refractivity contribution in [1.29, 1.82) is 0 Å². The van der Waals surface area contributed by atoms with Crippen LogP contribution in [0.1, 0.15) is 48.9 Å². The summed E-state index contributed by atoms with van der Waals surface area (Å²) in [5.41, 5.74) is 1.20. The molecule has 0 spiro atoms. The number of pyridine rings is 2. The lowest BCUT2D eigenvalue weighted by Crippen LogP contribution is -2.23. The number of Topliss-reactive ketones (excluding diaryl/α,β-unsaturated/α-hetero) is 1. The van der Waals surface area contributed by atoms with Gasteiger partial charge in [-0.15, -0.1) is 0 Å². The molecule has 1 saturated carbocycles. The maximum absolute atomic E-state index is 12.9. The first-order valence-corrected chi connectivity index (χ1v) is 10.9. The van der Waals surface area contributed by atoms with Gasteiger partial charge in [0, 0.05) is 36.7 Å². The van der Waals surface area contributed by atoms with Crippen LogP contribution in [0.4, 0.5) is 5.69 Å². The number of carbonyl (C=O) groups is 2. The van der Waals surface area contributed by atoms with Crippen LogP contribution in [-0.4, -0.2) is 26.2 Å². The molecule has 1 N–H and O–H groups in total. The second-order valence-corrected chi connectivity index (χ2v) is 8.48. The van der Waals surface area contributed by atoms with Crippen LogP contribution in [0.3, 0.4) is 0 Å². The summed E-state index contributed by atoms with van der Waals surface area (Å²) in [5.74, 6) is -0.758. The number of nitrogens with zero attached hydrogens (tertiary/aromatic N) is 3. The van der Waals surface area contributed by atoms with E-state index in [1.54, 1.807) is 18.5 Å². The second kappa shape index (κ2) is 9.14. The van der Waals surface area contributed by atoms with Crippen molar-refractivity contribution in [3.05, 3.63) is 52.5 Å². The summed E-state index contributed by atoms with van der Waals surface area (Å²) in [6, 6.07) is 3.57. The minimum Gasteiger partial charge on any atom is -0.332 e. The Kier molecular flexibility index (Phi) is 6.35. The number of halogens is 2. The molecule has 0 aliphatic heterocycles. The second-order valence-electron chi connectivity index (χ2n) is 7.66. The van der Waals surface area contributed by atoms with E-state index in [9.17, 15) is 9.59 Å². The Morgan fingerprint density at radius 2 is 1.87 bits per heavy atom. The molecule has 3 aromatic rings. The number of fused-ring (bicyclic) bond motifs is 1. The highest BCUT2D eigenvalue weighted by Gasteiger charge is 2.24. The van der Waals surface area contributed by atoms with Crippen LogP contribution in [0.15, 0.2) is 36.9 Å². The SMILES string of the molecule is O=C(Nc1c(Cl)cncc1Cl)C(=O)c1cn(CCC2CCCCC2)c2ncccc12. The van der Waals surface area contributed by atoms with Gasteiger partial charge in [-0.25, -0.2) is 4.98 Å². The number of hydrogen-bond donors (Lipinski definition) is 1. The van der Waals surface area contributed by atoms with Crippen molar-refractivity contribution in [2.45, 2.75) is 45.1 Å². The molecule has 0 atom stereocenters. The number of aryl methyl sites for hydroxylation is 1. The van der Waals surface area contributed by atoms with E-state index >= 15 is 0 Å². The van der Waals surface area contributed by atoms with Gasteiger partial charge < -0.3 is 9.88 Å². The molecular weight excluding hydrogens is 423 g/mol. The molecule has 0 unspecified atom stereocenters. The van der Waals surface area contributed by atoms with Crippen molar-refractivity contribution in [2.24, 2.45) is 5.92 Å². The summed E-state index contributed by atoms with van der Waals surface area (Å²) in [5, 5.41) is 3.51. The summed E-state index contributed by atoms with van der Waals surface area (Å²) in [6.45, 7) is 0.773. The van der Waals surface area contributed by atoms with E-state index in [0.29, 0.717) is 22.5 Å². The van der Waals surface area contributed by atoms with Crippen LogP contribution < -0.4 is 5.32 Å². The molecule has 3 heterocycles. The molecular formula is C22H22Cl2N4O2. The van der Waals surface area contributed by atoms with Crippen LogP contribution >= 0.6 is 23.2 Å². The molecule has 1 aliphatic carbocycles. The Morgan fingerprint density at radius 3 is 2.60 bits per heavy atom. The number of ketones is 1. The van der Waals surface area contributed by atoms with Gasteiger partial charge in [0.15, 0.2) is 0 Å². The highest BCUT2D eigenvalue weighted by Crippen LogP contribution is 2.30. The monoisotopic (exact) mass is 444 g/mol. The van der Waals surface area contributed by atoms with E-state index in [2.05, 4.69) is 15.3 Å². The molecule has 8 heteroatoms. The van der Waals surface area contributed by atoms with Crippen LogP contribution in [-0.2, 0) is 11.3 Å². The molecule has 4 rings (SSSR count). The fraction of sp³-hybridized carbons (Fsp3) is 0.364. The van der Waals surface area contributed by atoms with Gasteiger partial charge >= 0.3 is 0 Å². The first-order chi connectivity index (χ1) is 14.5. The third-order valence-electron chi connectivity index (χ3n) is 5.68. The van der Waals surface area contributed by atoms with E-state index in [4.69, 9.17) is 23.2 Å². The number of anilines is 1. The molecule has 0 bridgehead atoms. The molecule has 1 amide bonds. The van der Waals surface area contributed by atoms with Crippen molar-refractivity contribution in [3.8, 4) is 0 Å². The summed E-state index contributed by atoms with van der Waals surface area (Å²) < 4.78 is 1.98. The van der Waals surface area contributed by atoms with Gasteiger partial charge in [-0.3, -0.25) is 14.6 Å². The van der Waals surface area contributed by atoms with Gasteiger partial charge in [-0.05, 0) is 24.5 Å². The predicted molar refractivity (Wildman–Crippen MR) is 118 cm³/mol. The van der Waals surface area contributed by atoms with Crippen molar-refractivity contribution < 1.29 is 9.59 Å². The minimum atomic E-state index is -0.805. The Balaban J connectivity index is 1.57. The molecule has 156 valence electrons. The maximum atomic E-state index is 12.9. The molecule has 6 nitrogen and oxygen atoms in total. The number of nitrogens with one attached hydrogen (secondary N) is 1. The minimum absolute atomic E-state index is 0.167. The number of amides is 1. The molecule has 0 aromatic carbocycles. The van der Waals surface area contributed by atoms with Crippen molar-refractivity contribution in [1.82, 2.24) is 14.5 Å². The topological polar surface area (TPSA) is 76.9 Å². The summed E-state index contributed by atoms with van der Waals surface area (Å²) >= 11 is 12.1. The highest BCUT2D eigenvalue weighted by atomic mass is 35.5. The first-order valence-electron chi connectivity index (χ1n) is 10.1. The zero-order valence-electron chi connectivity index (χ0n) is 16.4. The van der Waals surface area contributed by atoms with Crippen molar-refractivity contribution in [2.75, 3.05) is 5.32 Å². The molecule has 30 heavy (non-hydrogen) atoms. The molecule has 0 saturated heterocycles. The van der Waals surface area contributed by atoms with Crippen molar-refractivity contribution in [3.63, 3.8) is 0 Å². The van der Waals surface area contributed by atoms with Gasteiger partial charge in [0.1, 0.15) is 5.65 Å². The summed E-state index contributed by atoms with van der Waals surface area (Å²) in [6.07, 6.45) is 13.6. The zero-order valence-corrected chi connectivity index (χ0v) is 17.9. The largest absolute Gasteiger partial charge is 0.332 e. The van der Waals surface area contributed by atoms with Gasteiger partial charge in [0.05, 0.1) is 21.3 Å². The molecule has 1 aliphatic rings. The van der Waals surface area contributed by atoms with E-state index in [1.807, 2.05) is 10.6 Å². The maximum Gasteiger partial charge on any atom is 0.296 e. The lowest BCUT2D eigenvalue weighted by molar-refractivity contribution is -0.112. The molecule has 0 radical (unpaired) electrons. The lowest BCUT2D eigenvalue weighted by Gasteiger charge is -2.21. The van der Waals surface area contributed by atoms with E-state index in [-0.39, 0.29) is 15.7 Å². The normalized spacial score (nSPS) is 14.7. The standard InChI is InChI=1S/C22H22Cl2N4O2/c23-17-11-25-12-18(24)19(17)27-22(30)20(29)16-13-28(21-15(16)7-4-9-26-21)10-8-14-5-2-1-3-6-14/h4,7,9,11-14H,1-3,5-6,8,10H2,(H,25,27,30). The Labute approximate surface area is 184 Å². The number of aromatic nitrogens is 3. The number of carbonyl (C=O) groups excluding carboxylic acids is 2. The van der Waals surface area contributed by atoms with Crippen molar-refractivity contribution >= 4 is 51.6 Å². The van der Waals surface area contributed by atoms with Crippen LogP contribution in [0.5, 0.6) is 0 Å². The van der Waals surface area contributed by atoms with Gasteiger partial charge in [-0.2, -0.15) is 0 Å². The van der Waals surface area contributed by atoms with E-state index in [0.717, 1.165) is 13.0 Å². The lowest BCUT2D eigenvalue weighted by atomic mass is 9.87. The average Bonchev–Trinajstić information content (AvgIpc) is 3.14. The van der Waals surface area contributed by atoms with Crippen LogP contribution in [0.25, 0.3) is 11.0 Å². The Hall–Kier alpha value is -2.44. The quantitative estimate of drug-likeness (QED) is 0.400. The fourth-order valence-electron chi connectivity index (χ4n) is 4.09.